The molecular weight excluding hydrogens is 234 g/mol. The maximum Gasteiger partial charge on any atom is 0.0973 e. The number of likely N-dealkylation sites (tertiary alicyclic amines) is 1. The first kappa shape index (κ1) is 11.6. The average molecular weight is 253 g/mol. The molecule has 3 heterocycles. The van der Waals surface area contributed by atoms with Crippen LogP contribution in [0.4, 0.5) is 0 Å². The van der Waals surface area contributed by atoms with Crippen molar-refractivity contribution in [3.63, 3.8) is 0 Å². The van der Waals surface area contributed by atoms with Crippen LogP contribution in [0.5, 0.6) is 0 Å². The lowest BCUT2D eigenvalue weighted by Gasteiger charge is -2.22. The highest BCUT2D eigenvalue weighted by molar-refractivity contribution is 7.09. The highest BCUT2D eigenvalue weighted by Gasteiger charge is 2.25. The molecule has 2 atom stereocenters. The summed E-state index contributed by atoms with van der Waals surface area (Å²) in [6.45, 7) is 4.87. The van der Waals surface area contributed by atoms with Crippen molar-refractivity contribution in [3.8, 4) is 0 Å². The topological polar surface area (TPSA) is 37.4 Å². The summed E-state index contributed by atoms with van der Waals surface area (Å²) in [5, 5.41) is 6.95. The first-order chi connectivity index (χ1) is 8.33. The van der Waals surface area contributed by atoms with E-state index in [0.29, 0.717) is 12.0 Å². The Labute approximate surface area is 106 Å². The number of ether oxygens (including phenoxy) is 1. The van der Waals surface area contributed by atoms with Gasteiger partial charge in [-0.15, -0.1) is 11.3 Å². The highest BCUT2D eigenvalue weighted by atomic mass is 32.1. The van der Waals surface area contributed by atoms with Gasteiger partial charge in [0.25, 0.3) is 0 Å². The third-order valence-corrected chi connectivity index (χ3v) is 4.58. The molecule has 94 valence electrons. The van der Waals surface area contributed by atoms with Crippen LogP contribution in [0.1, 0.15) is 29.1 Å². The summed E-state index contributed by atoms with van der Waals surface area (Å²) in [5.74, 6) is 0.642. The van der Waals surface area contributed by atoms with Crippen LogP contribution in [0, 0.1) is 0 Å². The lowest BCUT2D eigenvalue weighted by atomic mass is 10.1. The van der Waals surface area contributed by atoms with Gasteiger partial charge in [0.2, 0.25) is 0 Å². The molecule has 0 radical (unpaired) electrons. The Morgan fingerprint density at radius 1 is 1.59 bits per heavy atom. The molecule has 2 aliphatic rings. The fourth-order valence-electron chi connectivity index (χ4n) is 2.54. The van der Waals surface area contributed by atoms with E-state index in [0.717, 1.165) is 26.3 Å². The summed E-state index contributed by atoms with van der Waals surface area (Å²) >= 11 is 1.81. The maximum absolute atomic E-state index is 5.48. The van der Waals surface area contributed by atoms with Crippen molar-refractivity contribution in [3.05, 3.63) is 16.1 Å². The molecule has 1 aromatic rings. The van der Waals surface area contributed by atoms with E-state index in [1.807, 2.05) is 11.3 Å². The van der Waals surface area contributed by atoms with Crippen LogP contribution in [0.15, 0.2) is 5.38 Å². The largest absolute Gasteiger partial charge is 0.378 e. The Kier molecular flexibility index (Phi) is 3.42. The Balaban J connectivity index is 1.69. The molecule has 3 rings (SSSR count). The van der Waals surface area contributed by atoms with E-state index in [-0.39, 0.29) is 0 Å². The summed E-state index contributed by atoms with van der Waals surface area (Å²) in [6.07, 6.45) is 1.25. The first-order valence-corrected chi connectivity index (χ1v) is 7.16. The van der Waals surface area contributed by atoms with Gasteiger partial charge in [-0.2, -0.15) is 0 Å². The van der Waals surface area contributed by atoms with E-state index in [9.17, 15) is 0 Å². The lowest BCUT2D eigenvalue weighted by Crippen LogP contribution is -2.34. The van der Waals surface area contributed by atoms with Crippen molar-refractivity contribution in [2.24, 2.45) is 0 Å². The molecule has 2 aliphatic heterocycles. The Morgan fingerprint density at radius 3 is 3.24 bits per heavy atom. The third kappa shape index (κ3) is 2.52. The summed E-state index contributed by atoms with van der Waals surface area (Å²) in [6, 6.07) is 0.299. The third-order valence-electron chi connectivity index (χ3n) is 3.56. The van der Waals surface area contributed by atoms with Gasteiger partial charge in [-0.1, -0.05) is 0 Å². The maximum atomic E-state index is 5.48. The molecule has 0 bridgehead atoms. The van der Waals surface area contributed by atoms with Crippen molar-refractivity contribution in [1.29, 1.82) is 0 Å². The van der Waals surface area contributed by atoms with E-state index in [1.54, 1.807) is 0 Å². The van der Waals surface area contributed by atoms with Crippen molar-refractivity contribution in [2.45, 2.75) is 18.4 Å². The molecule has 1 aromatic heterocycles. The fraction of sp³-hybridized carbons (Fsp3) is 0.750. The standard InChI is InChI=1S/C12H19N3OS/c1-15-4-2-9(6-15)12-14-11(8-17-12)10-7-16-5-3-13-10/h8-10,13H,2-7H2,1H3. The number of nitrogens with zero attached hydrogens (tertiary/aromatic N) is 2. The molecule has 17 heavy (non-hydrogen) atoms. The quantitative estimate of drug-likeness (QED) is 0.860. The molecule has 4 nitrogen and oxygen atoms in total. The molecule has 0 amide bonds. The predicted octanol–water partition coefficient (Wildman–Crippen LogP) is 1.22. The number of rotatable bonds is 2. The number of hydrogen-bond donors (Lipinski definition) is 1. The molecule has 2 unspecified atom stereocenters. The SMILES string of the molecule is CN1CCC(c2nc(C3COCCN3)cs2)C1. The normalized spacial score (nSPS) is 30.9. The number of thiazole rings is 1. The minimum Gasteiger partial charge on any atom is -0.378 e. The van der Waals surface area contributed by atoms with Gasteiger partial charge in [-0.3, -0.25) is 0 Å². The monoisotopic (exact) mass is 253 g/mol. The van der Waals surface area contributed by atoms with E-state index in [2.05, 4.69) is 22.6 Å². The van der Waals surface area contributed by atoms with Gasteiger partial charge in [-0.05, 0) is 20.0 Å². The van der Waals surface area contributed by atoms with Gasteiger partial charge < -0.3 is 15.0 Å². The fourth-order valence-corrected chi connectivity index (χ4v) is 3.54. The smallest absolute Gasteiger partial charge is 0.0973 e. The number of morpholine rings is 1. The molecule has 2 saturated heterocycles. The van der Waals surface area contributed by atoms with E-state index in [1.165, 1.54) is 23.7 Å². The average Bonchev–Trinajstić information content (AvgIpc) is 2.98. The Morgan fingerprint density at radius 2 is 2.53 bits per heavy atom. The van der Waals surface area contributed by atoms with Crippen LogP contribution in [-0.4, -0.2) is 49.8 Å². The van der Waals surface area contributed by atoms with E-state index in [4.69, 9.17) is 9.72 Å². The van der Waals surface area contributed by atoms with E-state index >= 15 is 0 Å². The molecular formula is C12H19N3OS. The van der Waals surface area contributed by atoms with Gasteiger partial charge in [0, 0.05) is 24.4 Å². The Bertz CT molecular complexity index is 356. The minimum atomic E-state index is 0.299. The summed E-state index contributed by atoms with van der Waals surface area (Å²) in [4.78, 5) is 7.18. The number of nitrogens with one attached hydrogen (secondary N) is 1. The summed E-state index contributed by atoms with van der Waals surface area (Å²) in [5.41, 5.74) is 1.17. The van der Waals surface area contributed by atoms with Gasteiger partial charge in [0.1, 0.15) is 0 Å². The van der Waals surface area contributed by atoms with Crippen LogP contribution >= 0.6 is 11.3 Å². The molecule has 0 saturated carbocycles. The van der Waals surface area contributed by atoms with Gasteiger partial charge in [-0.25, -0.2) is 4.98 Å². The molecule has 0 aromatic carbocycles. The second-order valence-corrected chi connectivity index (χ2v) is 5.83. The van der Waals surface area contributed by atoms with Crippen LogP contribution in [0.2, 0.25) is 0 Å². The molecule has 0 aliphatic carbocycles. The van der Waals surface area contributed by atoms with Crippen LogP contribution in [0.3, 0.4) is 0 Å². The predicted molar refractivity (Wildman–Crippen MR) is 68.5 cm³/mol. The van der Waals surface area contributed by atoms with Gasteiger partial charge in [0.15, 0.2) is 0 Å². The van der Waals surface area contributed by atoms with Crippen LogP contribution in [0.25, 0.3) is 0 Å². The second-order valence-electron chi connectivity index (χ2n) is 4.94. The molecule has 2 fully saturated rings. The van der Waals surface area contributed by atoms with Crippen molar-refractivity contribution < 1.29 is 4.74 Å². The van der Waals surface area contributed by atoms with Crippen LogP contribution < -0.4 is 5.32 Å². The van der Waals surface area contributed by atoms with E-state index < -0.39 is 0 Å². The molecule has 0 spiro atoms. The molecule has 5 heteroatoms. The van der Waals surface area contributed by atoms with Crippen molar-refractivity contribution in [1.82, 2.24) is 15.2 Å². The van der Waals surface area contributed by atoms with Crippen molar-refractivity contribution in [2.75, 3.05) is 39.9 Å². The zero-order chi connectivity index (χ0) is 11.7. The van der Waals surface area contributed by atoms with Crippen molar-refractivity contribution >= 4 is 11.3 Å². The number of likely N-dealkylation sites (N-methyl/N-ethyl adjacent to an activating group) is 1. The molecule has 1 N–H and O–H groups in total. The summed E-state index contributed by atoms with van der Waals surface area (Å²) in [7, 11) is 2.19. The summed E-state index contributed by atoms with van der Waals surface area (Å²) < 4.78 is 5.48. The lowest BCUT2D eigenvalue weighted by molar-refractivity contribution is 0.0757. The first-order valence-electron chi connectivity index (χ1n) is 6.28. The zero-order valence-electron chi connectivity index (χ0n) is 10.2. The second kappa shape index (κ2) is 5.02. The Hall–Kier alpha value is -0.490. The highest BCUT2D eigenvalue weighted by Crippen LogP contribution is 2.30. The zero-order valence-corrected chi connectivity index (χ0v) is 11.0. The number of hydrogen-bond acceptors (Lipinski definition) is 5. The minimum absolute atomic E-state index is 0.299. The van der Waals surface area contributed by atoms with Gasteiger partial charge in [0.05, 0.1) is 30.0 Å². The number of aromatic nitrogens is 1. The van der Waals surface area contributed by atoms with Crippen LogP contribution in [-0.2, 0) is 4.74 Å². The van der Waals surface area contributed by atoms with Gasteiger partial charge >= 0.3 is 0 Å².